The molecule has 0 atom stereocenters. The maximum Gasteiger partial charge on any atom is 0.252 e. The normalized spacial score (nSPS) is 18.1. The van der Waals surface area contributed by atoms with Crippen LogP contribution in [0.4, 0.5) is 0 Å². The molecular formula is C13H20N2O3S2. The van der Waals surface area contributed by atoms with Gasteiger partial charge in [0.1, 0.15) is 4.21 Å². The minimum atomic E-state index is -3.38. The minimum Gasteiger partial charge on any atom is -0.349 e. The van der Waals surface area contributed by atoms with Crippen molar-refractivity contribution in [3.63, 3.8) is 0 Å². The molecule has 0 aliphatic carbocycles. The van der Waals surface area contributed by atoms with Gasteiger partial charge in [-0.05, 0) is 31.9 Å². The first-order chi connectivity index (χ1) is 9.32. The minimum absolute atomic E-state index is 0.0541. The lowest BCUT2D eigenvalue weighted by Gasteiger charge is -2.31. The molecule has 20 heavy (non-hydrogen) atoms. The molecule has 1 fully saturated rings. The zero-order chi connectivity index (χ0) is 14.9. The van der Waals surface area contributed by atoms with Crippen LogP contribution in [0.15, 0.2) is 16.3 Å². The largest absolute Gasteiger partial charge is 0.349 e. The maximum atomic E-state index is 12.5. The summed E-state index contributed by atoms with van der Waals surface area (Å²) in [5.41, 5.74) is 0. The van der Waals surface area contributed by atoms with Crippen molar-refractivity contribution in [2.45, 2.75) is 24.0 Å². The Hall–Kier alpha value is -0.920. The lowest BCUT2D eigenvalue weighted by molar-refractivity contribution is -0.134. The molecule has 1 amide bonds. The number of carbonyl (C=O) groups excluding carboxylic acids is 1. The topological polar surface area (TPSA) is 57.7 Å². The zero-order valence-corrected chi connectivity index (χ0v) is 13.6. The van der Waals surface area contributed by atoms with Gasteiger partial charge < -0.3 is 4.90 Å². The number of hydrogen-bond acceptors (Lipinski definition) is 4. The summed E-state index contributed by atoms with van der Waals surface area (Å²) >= 11 is 1.30. The van der Waals surface area contributed by atoms with Crippen molar-refractivity contribution in [2.24, 2.45) is 5.92 Å². The summed E-state index contributed by atoms with van der Waals surface area (Å²) < 4.78 is 26.8. The second-order valence-electron chi connectivity index (χ2n) is 5.28. The van der Waals surface area contributed by atoms with Gasteiger partial charge >= 0.3 is 0 Å². The molecule has 0 unspecified atom stereocenters. The molecule has 0 saturated carbocycles. The molecule has 2 heterocycles. The first kappa shape index (κ1) is 15.5. The van der Waals surface area contributed by atoms with Crippen LogP contribution in [0.2, 0.25) is 0 Å². The van der Waals surface area contributed by atoms with Crippen LogP contribution in [0.1, 0.15) is 17.7 Å². The van der Waals surface area contributed by atoms with Crippen molar-refractivity contribution in [1.29, 1.82) is 0 Å². The van der Waals surface area contributed by atoms with Crippen molar-refractivity contribution >= 4 is 27.3 Å². The third kappa shape index (κ3) is 3.05. The van der Waals surface area contributed by atoms with Gasteiger partial charge in [-0.25, -0.2) is 8.42 Å². The maximum absolute atomic E-state index is 12.5. The monoisotopic (exact) mass is 316 g/mol. The molecule has 0 aromatic carbocycles. The Morgan fingerprint density at radius 2 is 1.90 bits per heavy atom. The third-order valence-corrected chi connectivity index (χ3v) is 6.92. The molecule has 5 nitrogen and oxygen atoms in total. The molecule has 112 valence electrons. The molecule has 1 aromatic heterocycles. The lowest BCUT2D eigenvalue weighted by atomic mass is 9.97. The zero-order valence-electron chi connectivity index (χ0n) is 12.0. The van der Waals surface area contributed by atoms with E-state index in [0.29, 0.717) is 30.1 Å². The standard InChI is InChI=1S/C13H20N2O3S2/c1-10-4-5-12(19-10)20(17,18)15-8-6-11(7-9-15)13(16)14(2)3/h4-5,11H,6-9H2,1-3H3. The van der Waals surface area contributed by atoms with E-state index >= 15 is 0 Å². The molecule has 1 aromatic rings. The highest BCUT2D eigenvalue weighted by atomic mass is 32.2. The van der Waals surface area contributed by atoms with Crippen LogP contribution in [0, 0.1) is 12.8 Å². The second-order valence-corrected chi connectivity index (χ2v) is 8.73. The Bertz CT molecular complexity index is 585. The summed E-state index contributed by atoms with van der Waals surface area (Å²) in [6.45, 7) is 2.73. The predicted molar refractivity (Wildman–Crippen MR) is 79.2 cm³/mol. The van der Waals surface area contributed by atoms with Crippen LogP contribution in [-0.2, 0) is 14.8 Å². The molecule has 0 spiro atoms. The molecule has 1 saturated heterocycles. The van der Waals surface area contributed by atoms with Crippen LogP contribution in [0.5, 0.6) is 0 Å². The summed E-state index contributed by atoms with van der Waals surface area (Å²) in [5, 5.41) is 0. The van der Waals surface area contributed by atoms with E-state index in [1.54, 1.807) is 25.1 Å². The van der Waals surface area contributed by atoms with E-state index in [0.717, 1.165) is 4.88 Å². The SMILES string of the molecule is Cc1ccc(S(=O)(=O)N2CCC(C(=O)N(C)C)CC2)s1. The van der Waals surface area contributed by atoms with Crippen LogP contribution >= 0.6 is 11.3 Å². The van der Waals surface area contributed by atoms with Gasteiger partial charge in [-0.1, -0.05) is 0 Å². The fourth-order valence-corrected chi connectivity index (χ4v) is 5.29. The Morgan fingerprint density at radius 3 is 2.35 bits per heavy atom. The molecule has 1 aliphatic heterocycles. The summed E-state index contributed by atoms with van der Waals surface area (Å²) in [6, 6.07) is 3.48. The number of rotatable bonds is 3. The van der Waals surface area contributed by atoms with Crippen molar-refractivity contribution in [3.8, 4) is 0 Å². The van der Waals surface area contributed by atoms with E-state index in [9.17, 15) is 13.2 Å². The van der Waals surface area contributed by atoms with E-state index in [-0.39, 0.29) is 11.8 Å². The van der Waals surface area contributed by atoms with Gasteiger partial charge in [0.2, 0.25) is 5.91 Å². The fourth-order valence-electron chi connectivity index (χ4n) is 2.39. The van der Waals surface area contributed by atoms with Gasteiger partial charge in [-0.2, -0.15) is 4.31 Å². The van der Waals surface area contributed by atoms with Crippen molar-refractivity contribution in [3.05, 3.63) is 17.0 Å². The lowest BCUT2D eigenvalue weighted by Crippen LogP contribution is -2.42. The van der Waals surface area contributed by atoms with Gasteiger partial charge in [-0.15, -0.1) is 11.3 Å². The number of aryl methyl sites for hydroxylation is 1. The second kappa shape index (κ2) is 5.83. The first-order valence-electron chi connectivity index (χ1n) is 6.60. The molecule has 7 heteroatoms. The quantitative estimate of drug-likeness (QED) is 0.850. The van der Waals surface area contributed by atoms with Crippen LogP contribution in [0.3, 0.4) is 0 Å². The highest BCUT2D eigenvalue weighted by Crippen LogP contribution is 2.28. The number of thiophene rings is 1. The number of sulfonamides is 1. The average Bonchev–Trinajstić information content (AvgIpc) is 2.85. The number of carbonyl (C=O) groups is 1. The third-order valence-electron chi connectivity index (χ3n) is 3.55. The summed E-state index contributed by atoms with van der Waals surface area (Å²) in [6.07, 6.45) is 1.20. The van der Waals surface area contributed by atoms with Gasteiger partial charge in [0.05, 0.1) is 0 Å². The van der Waals surface area contributed by atoms with Crippen LogP contribution in [0.25, 0.3) is 0 Å². The Balaban J connectivity index is 2.05. The van der Waals surface area contributed by atoms with E-state index in [1.165, 1.54) is 15.6 Å². The Kier molecular flexibility index (Phi) is 4.51. The number of amides is 1. The molecule has 1 aliphatic rings. The summed E-state index contributed by atoms with van der Waals surface area (Å²) in [5.74, 6) is 0.0375. The van der Waals surface area contributed by atoms with E-state index < -0.39 is 10.0 Å². The van der Waals surface area contributed by atoms with E-state index in [2.05, 4.69) is 0 Å². The molecular weight excluding hydrogens is 296 g/mol. The molecule has 0 radical (unpaired) electrons. The highest BCUT2D eigenvalue weighted by Gasteiger charge is 2.33. The Morgan fingerprint density at radius 1 is 1.30 bits per heavy atom. The van der Waals surface area contributed by atoms with Crippen LogP contribution in [-0.4, -0.2) is 50.7 Å². The van der Waals surface area contributed by atoms with Gasteiger partial charge in [0, 0.05) is 38.0 Å². The van der Waals surface area contributed by atoms with Crippen LogP contribution < -0.4 is 0 Å². The van der Waals surface area contributed by atoms with Gasteiger partial charge in [0.15, 0.2) is 0 Å². The van der Waals surface area contributed by atoms with Crippen molar-refractivity contribution in [2.75, 3.05) is 27.2 Å². The molecule has 0 N–H and O–H groups in total. The Labute approximate surface area is 124 Å². The van der Waals surface area contributed by atoms with Gasteiger partial charge in [-0.3, -0.25) is 4.79 Å². The van der Waals surface area contributed by atoms with Gasteiger partial charge in [0.25, 0.3) is 10.0 Å². The summed E-state index contributed by atoms with van der Waals surface area (Å²) in [7, 11) is 0.0883. The highest BCUT2D eigenvalue weighted by molar-refractivity contribution is 7.91. The molecule has 2 rings (SSSR count). The number of hydrogen-bond donors (Lipinski definition) is 0. The molecule has 0 bridgehead atoms. The van der Waals surface area contributed by atoms with Crippen molar-refractivity contribution in [1.82, 2.24) is 9.21 Å². The van der Waals surface area contributed by atoms with Crippen molar-refractivity contribution < 1.29 is 13.2 Å². The van der Waals surface area contributed by atoms with E-state index in [1.807, 2.05) is 13.0 Å². The average molecular weight is 316 g/mol. The van der Waals surface area contributed by atoms with E-state index in [4.69, 9.17) is 0 Å². The number of nitrogens with zero attached hydrogens (tertiary/aromatic N) is 2. The summed E-state index contributed by atoms with van der Waals surface area (Å²) in [4.78, 5) is 14.5. The first-order valence-corrected chi connectivity index (χ1v) is 8.86. The number of piperidine rings is 1. The predicted octanol–water partition coefficient (Wildman–Crippen LogP) is 1.55. The fraction of sp³-hybridized carbons (Fsp3) is 0.615. The smallest absolute Gasteiger partial charge is 0.252 e.